The van der Waals surface area contributed by atoms with Crippen LogP contribution >= 0.6 is 0 Å². The molecule has 0 unspecified atom stereocenters. The molecule has 1 aromatic heterocycles. The molecule has 0 atom stereocenters. The minimum atomic E-state index is 0.542. The highest BCUT2D eigenvalue weighted by atomic mass is 16.5. The van der Waals surface area contributed by atoms with Gasteiger partial charge in [0.15, 0.2) is 0 Å². The Morgan fingerprint density at radius 1 is 1.29 bits per heavy atom. The summed E-state index contributed by atoms with van der Waals surface area (Å²) in [5, 5.41) is 5.75. The Morgan fingerprint density at radius 3 is 2.88 bits per heavy atom. The van der Waals surface area contributed by atoms with E-state index in [1.807, 2.05) is 12.3 Å². The van der Waals surface area contributed by atoms with Crippen LogP contribution in [0.5, 0.6) is 5.75 Å². The van der Waals surface area contributed by atoms with Crippen LogP contribution in [0.4, 0.5) is 0 Å². The van der Waals surface area contributed by atoms with E-state index < -0.39 is 0 Å². The molecule has 0 bridgehead atoms. The topological polar surface area (TPSA) is 34.4 Å². The SMILES string of the molecule is COc1ccc2coc(C3CCNCC3)c2c1. The number of fused-ring (bicyclic) bond motifs is 1. The van der Waals surface area contributed by atoms with Gasteiger partial charge in [0.25, 0.3) is 0 Å². The van der Waals surface area contributed by atoms with E-state index in [1.165, 1.54) is 10.8 Å². The monoisotopic (exact) mass is 231 g/mol. The van der Waals surface area contributed by atoms with Crippen LogP contribution in [0.15, 0.2) is 28.9 Å². The molecular formula is C14H17NO2. The van der Waals surface area contributed by atoms with Gasteiger partial charge in [-0.05, 0) is 44.1 Å². The molecule has 1 saturated heterocycles. The molecule has 90 valence electrons. The quantitative estimate of drug-likeness (QED) is 0.863. The fourth-order valence-electron chi connectivity index (χ4n) is 2.57. The zero-order valence-corrected chi connectivity index (χ0v) is 10.0. The molecule has 3 rings (SSSR count). The Hall–Kier alpha value is -1.48. The molecule has 1 aromatic carbocycles. The highest BCUT2D eigenvalue weighted by Gasteiger charge is 2.20. The Bertz CT molecular complexity index is 512. The molecule has 0 spiro atoms. The van der Waals surface area contributed by atoms with E-state index in [-0.39, 0.29) is 0 Å². The number of hydrogen-bond acceptors (Lipinski definition) is 3. The van der Waals surface area contributed by atoms with Crippen LogP contribution in [0.25, 0.3) is 10.8 Å². The first-order chi connectivity index (χ1) is 8.38. The highest BCUT2D eigenvalue weighted by Crippen LogP contribution is 2.34. The van der Waals surface area contributed by atoms with Gasteiger partial charge in [-0.15, -0.1) is 0 Å². The lowest BCUT2D eigenvalue weighted by molar-refractivity contribution is 0.389. The normalized spacial score (nSPS) is 17.5. The Morgan fingerprint density at radius 2 is 2.12 bits per heavy atom. The summed E-state index contributed by atoms with van der Waals surface area (Å²) >= 11 is 0. The van der Waals surface area contributed by atoms with Gasteiger partial charge >= 0.3 is 0 Å². The lowest BCUT2D eigenvalue weighted by Gasteiger charge is -2.21. The first kappa shape index (κ1) is 10.7. The summed E-state index contributed by atoms with van der Waals surface area (Å²) in [5.74, 6) is 2.57. The van der Waals surface area contributed by atoms with E-state index in [0.29, 0.717) is 5.92 Å². The first-order valence-electron chi connectivity index (χ1n) is 6.14. The van der Waals surface area contributed by atoms with Crippen LogP contribution in [-0.2, 0) is 0 Å². The van der Waals surface area contributed by atoms with Gasteiger partial charge in [0, 0.05) is 16.7 Å². The third-order valence-corrected chi connectivity index (χ3v) is 3.55. The Labute approximate surface area is 101 Å². The van der Waals surface area contributed by atoms with Crippen molar-refractivity contribution in [3.05, 3.63) is 30.2 Å². The fourth-order valence-corrected chi connectivity index (χ4v) is 2.57. The maximum absolute atomic E-state index is 5.77. The van der Waals surface area contributed by atoms with Crippen LogP contribution in [-0.4, -0.2) is 20.2 Å². The van der Waals surface area contributed by atoms with Crippen molar-refractivity contribution in [1.82, 2.24) is 5.32 Å². The number of methoxy groups -OCH3 is 1. The zero-order chi connectivity index (χ0) is 11.7. The van der Waals surface area contributed by atoms with Gasteiger partial charge in [0.2, 0.25) is 0 Å². The molecule has 0 aliphatic carbocycles. The van der Waals surface area contributed by atoms with Crippen molar-refractivity contribution in [3.8, 4) is 5.75 Å². The lowest BCUT2D eigenvalue weighted by atomic mass is 9.93. The number of ether oxygens (including phenoxy) is 1. The van der Waals surface area contributed by atoms with Gasteiger partial charge in [-0.1, -0.05) is 0 Å². The van der Waals surface area contributed by atoms with E-state index >= 15 is 0 Å². The minimum Gasteiger partial charge on any atom is -0.497 e. The summed E-state index contributed by atoms with van der Waals surface area (Å²) in [5.41, 5.74) is 0. The highest BCUT2D eigenvalue weighted by molar-refractivity contribution is 5.85. The standard InChI is InChI=1S/C14H17NO2/c1-16-12-3-2-11-9-17-14(13(11)8-12)10-4-6-15-7-5-10/h2-3,8-10,15H,4-7H2,1H3. The summed E-state index contributed by atoms with van der Waals surface area (Å²) < 4.78 is 11.1. The molecule has 0 radical (unpaired) electrons. The smallest absolute Gasteiger partial charge is 0.119 e. The first-order valence-corrected chi connectivity index (χ1v) is 6.14. The largest absolute Gasteiger partial charge is 0.497 e. The molecular weight excluding hydrogens is 214 g/mol. The third-order valence-electron chi connectivity index (χ3n) is 3.55. The number of rotatable bonds is 2. The van der Waals surface area contributed by atoms with E-state index in [4.69, 9.17) is 9.15 Å². The summed E-state index contributed by atoms with van der Waals surface area (Å²) in [6.07, 6.45) is 4.16. The molecule has 17 heavy (non-hydrogen) atoms. The van der Waals surface area contributed by atoms with Crippen LogP contribution in [0.1, 0.15) is 24.5 Å². The summed E-state index contributed by atoms with van der Waals surface area (Å²) in [6.45, 7) is 2.16. The van der Waals surface area contributed by atoms with Gasteiger partial charge in [-0.3, -0.25) is 0 Å². The summed E-state index contributed by atoms with van der Waals surface area (Å²) in [4.78, 5) is 0. The Balaban J connectivity index is 2.02. The molecule has 2 aromatic rings. The summed E-state index contributed by atoms with van der Waals surface area (Å²) in [7, 11) is 1.70. The third kappa shape index (κ3) is 1.91. The summed E-state index contributed by atoms with van der Waals surface area (Å²) in [6, 6.07) is 6.11. The average Bonchev–Trinajstić information content (AvgIpc) is 2.82. The number of hydrogen-bond donors (Lipinski definition) is 1. The number of benzene rings is 1. The second kappa shape index (κ2) is 4.41. The second-order valence-corrected chi connectivity index (χ2v) is 4.58. The molecule has 0 amide bonds. The van der Waals surface area contributed by atoms with Crippen molar-refractivity contribution in [1.29, 1.82) is 0 Å². The van der Waals surface area contributed by atoms with Crippen molar-refractivity contribution in [2.75, 3.05) is 20.2 Å². The molecule has 2 heterocycles. The van der Waals surface area contributed by atoms with E-state index in [1.54, 1.807) is 7.11 Å². The molecule has 0 saturated carbocycles. The van der Waals surface area contributed by atoms with Crippen molar-refractivity contribution in [2.24, 2.45) is 0 Å². The minimum absolute atomic E-state index is 0.542. The van der Waals surface area contributed by atoms with Gasteiger partial charge in [-0.2, -0.15) is 0 Å². The van der Waals surface area contributed by atoms with Gasteiger partial charge < -0.3 is 14.5 Å². The lowest BCUT2D eigenvalue weighted by Crippen LogP contribution is -2.26. The average molecular weight is 231 g/mol. The molecule has 3 nitrogen and oxygen atoms in total. The van der Waals surface area contributed by atoms with E-state index in [9.17, 15) is 0 Å². The maximum Gasteiger partial charge on any atom is 0.119 e. The van der Waals surface area contributed by atoms with E-state index in [2.05, 4.69) is 17.4 Å². The number of furan rings is 1. The van der Waals surface area contributed by atoms with Crippen LogP contribution in [0.3, 0.4) is 0 Å². The van der Waals surface area contributed by atoms with Crippen molar-refractivity contribution in [2.45, 2.75) is 18.8 Å². The number of piperidine rings is 1. The van der Waals surface area contributed by atoms with Gasteiger partial charge in [0.05, 0.1) is 13.4 Å². The molecule has 1 aliphatic heterocycles. The zero-order valence-electron chi connectivity index (χ0n) is 10.0. The van der Waals surface area contributed by atoms with E-state index in [0.717, 1.165) is 37.4 Å². The van der Waals surface area contributed by atoms with Crippen LogP contribution in [0, 0.1) is 0 Å². The molecule has 1 N–H and O–H groups in total. The van der Waals surface area contributed by atoms with Crippen molar-refractivity contribution in [3.63, 3.8) is 0 Å². The second-order valence-electron chi connectivity index (χ2n) is 4.58. The maximum atomic E-state index is 5.77. The van der Waals surface area contributed by atoms with Crippen LogP contribution < -0.4 is 10.1 Å². The van der Waals surface area contributed by atoms with Gasteiger partial charge in [0.1, 0.15) is 11.5 Å². The van der Waals surface area contributed by atoms with Crippen molar-refractivity contribution >= 4 is 10.8 Å². The predicted molar refractivity (Wildman–Crippen MR) is 67.6 cm³/mol. The van der Waals surface area contributed by atoms with Gasteiger partial charge in [-0.25, -0.2) is 0 Å². The molecule has 3 heteroatoms. The molecule has 1 aliphatic rings. The Kier molecular flexibility index (Phi) is 2.77. The molecule has 1 fully saturated rings. The predicted octanol–water partition coefficient (Wildman–Crippen LogP) is 2.91. The van der Waals surface area contributed by atoms with Crippen LogP contribution in [0.2, 0.25) is 0 Å². The number of nitrogens with one attached hydrogen (secondary N) is 1. The van der Waals surface area contributed by atoms with Crippen molar-refractivity contribution < 1.29 is 9.15 Å². The fraction of sp³-hybridized carbons (Fsp3) is 0.429.